The molecule has 1 aromatic carbocycles. The predicted molar refractivity (Wildman–Crippen MR) is 109 cm³/mol. The Balaban J connectivity index is 1.83. The number of rotatable bonds is 4. The summed E-state index contributed by atoms with van der Waals surface area (Å²) in [5.41, 5.74) is 8.09. The number of amides is 1. The summed E-state index contributed by atoms with van der Waals surface area (Å²) in [4.78, 5) is 26.4. The van der Waals surface area contributed by atoms with Crippen molar-refractivity contribution in [1.82, 2.24) is 4.40 Å². The lowest BCUT2D eigenvalue weighted by atomic mass is 10.1. The Morgan fingerprint density at radius 2 is 1.93 bits per heavy atom. The second-order valence-electron chi connectivity index (χ2n) is 5.86. The number of aromatic nitrogens is 1. The lowest BCUT2D eigenvalue weighted by Crippen LogP contribution is -2.14. The van der Waals surface area contributed by atoms with Gasteiger partial charge in [0.05, 0.1) is 21.6 Å². The Morgan fingerprint density at radius 3 is 2.67 bits per heavy atom. The van der Waals surface area contributed by atoms with E-state index in [1.165, 1.54) is 11.3 Å². The molecule has 3 aromatic heterocycles. The highest BCUT2D eigenvalue weighted by Gasteiger charge is 2.26. The largest absolute Gasteiger partial charge is 0.396 e. The van der Waals surface area contributed by atoms with Crippen LogP contribution in [-0.4, -0.2) is 16.1 Å². The summed E-state index contributed by atoms with van der Waals surface area (Å²) in [6.07, 6.45) is 1.72. The van der Waals surface area contributed by atoms with E-state index >= 15 is 0 Å². The third-order valence-corrected chi connectivity index (χ3v) is 5.25. The molecule has 4 aromatic rings. The molecule has 7 heteroatoms. The van der Waals surface area contributed by atoms with Gasteiger partial charge in [0.25, 0.3) is 5.91 Å². The number of nitrogen functional groups attached to an aromatic ring is 1. The normalized spacial score (nSPS) is 10.9. The van der Waals surface area contributed by atoms with Gasteiger partial charge >= 0.3 is 0 Å². The SMILES string of the molecule is Nc1c(C(=O)Nc2cccc(Cl)c2)c2ccccn2c1C(=O)c1cccs1. The van der Waals surface area contributed by atoms with Gasteiger partial charge in [-0.25, -0.2) is 0 Å². The molecule has 0 aliphatic carbocycles. The zero-order valence-electron chi connectivity index (χ0n) is 14.0. The van der Waals surface area contributed by atoms with Crippen molar-refractivity contribution in [3.05, 3.63) is 87.3 Å². The number of benzene rings is 1. The van der Waals surface area contributed by atoms with Crippen molar-refractivity contribution in [3.63, 3.8) is 0 Å². The maximum atomic E-state index is 12.9. The van der Waals surface area contributed by atoms with Crippen molar-refractivity contribution in [3.8, 4) is 0 Å². The van der Waals surface area contributed by atoms with Gasteiger partial charge in [0.2, 0.25) is 5.78 Å². The molecule has 0 radical (unpaired) electrons. The first kappa shape index (κ1) is 17.3. The van der Waals surface area contributed by atoms with Crippen LogP contribution in [0.15, 0.2) is 66.2 Å². The fourth-order valence-electron chi connectivity index (χ4n) is 2.98. The fourth-order valence-corrected chi connectivity index (χ4v) is 3.84. The second-order valence-corrected chi connectivity index (χ2v) is 7.25. The van der Waals surface area contributed by atoms with Gasteiger partial charge in [0.15, 0.2) is 0 Å². The van der Waals surface area contributed by atoms with Gasteiger partial charge in [-0.05, 0) is 41.8 Å². The minimum Gasteiger partial charge on any atom is -0.396 e. The number of thiophene rings is 1. The Bertz CT molecular complexity index is 1170. The molecule has 1 amide bonds. The molecule has 0 atom stereocenters. The lowest BCUT2D eigenvalue weighted by molar-refractivity contribution is 0.102. The van der Waals surface area contributed by atoms with Crippen LogP contribution in [0.2, 0.25) is 5.02 Å². The molecule has 0 saturated heterocycles. The Hall–Kier alpha value is -3.09. The molecular weight excluding hydrogens is 382 g/mol. The number of hydrogen-bond acceptors (Lipinski definition) is 4. The summed E-state index contributed by atoms with van der Waals surface area (Å²) < 4.78 is 1.66. The van der Waals surface area contributed by atoms with Crippen LogP contribution in [0.25, 0.3) is 5.52 Å². The minimum absolute atomic E-state index is 0.152. The number of halogens is 1. The fraction of sp³-hybridized carbons (Fsp3) is 0. The first-order chi connectivity index (χ1) is 13.1. The molecule has 3 heterocycles. The van der Waals surface area contributed by atoms with Crippen LogP contribution in [0.3, 0.4) is 0 Å². The molecular formula is C20H14ClN3O2S. The second kappa shape index (κ2) is 6.90. The molecule has 0 bridgehead atoms. The highest BCUT2D eigenvalue weighted by molar-refractivity contribution is 7.12. The standard InChI is InChI=1S/C20H14ClN3O2S/c21-12-5-3-6-13(11-12)23-20(26)16-14-7-1-2-9-24(14)18(17(16)22)19(25)15-8-4-10-27-15/h1-11H,22H2,(H,23,26). The molecule has 0 unspecified atom stereocenters. The smallest absolute Gasteiger partial charge is 0.259 e. The zero-order chi connectivity index (χ0) is 19.0. The number of carbonyl (C=O) groups is 2. The van der Waals surface area contributed by atoms with Gasteiger partial charge in [-0.2, -0.15) is 0 Å². The number of pyridine rings is 1. The highest BCUT2D eigenvalue weighted by atomic mass is 35.5. The van der Waals surface area contributed by atoms with E-state index in [9.17, 15) is 9.59 Å². The minimum atomic E-state index is -0.399. The summed E-state index contributed by atoms with van der Waals surface area (Å²) in [7, 11) is 0. The van der Waals surface area contributed by atoms with E-state index in [-0.39, 0.29) is 22.7 Å². The number of hydrogen-bond donors (Lipinski definition) is 2. The van der Waals surface area contributed by atoms with E-state index in [4.69, 9.17) is 17.3 Å². The average molecular weight is 396 g/mol. The van der Waals surface area contributed by atoms with Crippen molar-refractivity contribution in [2.24, 2.45) is 0 Å². The van der Waals surface area contributed by atoms with Gasteiger partial charge in [0, 0.05) is 16.9 Å². The van der Waals surface area contributed by atoms with Gasteiger partial charge < -0.3 is 15.5 Å². The molecule has 0 aliphatic heterocycles. The Kier molecular flexibility index (Phi) is 4.43. The van der Waals surface area contributed by atoms with Crippen LogP contribution in [-0.2, 0) is 0 Å². The molecule has 0 fully saturated rings. The van der Waals surface area contributed by atoms with Gasteiger partial charge in [-0.15, -0.1) is 11.3 Å². The van der Waals surface area contributed by atoms with Crippen molar-refractivity contribution in [2.75, 3.05) is 11.1 Å². The van der Waals surface area contributed by atoms with Crippen molar-refractivity contribution in [2.45, 2.75) is 0 Å². The monoisotopic (exact) mass is 395 g/mol. The third kappa shape index (κ3) is 3.09. The third-order valence-electron chi connectivity index (χ3n) is 4.15. The first-order valence-electron chi connectivity index (χ1n) is 8.10. The number of nitrogens with two attached hydrogens (primary N) is 1. The molecule has 0 saturated carbocycles. The van der Waals surface area contributed by atoms with Crippen LogP contribution in [0, 0.1) is 0 Å². The van der Waals surface area contributed by atoms with Gasteiger partial charge in [-0.1, -0.05) is 29.8 Å². The molecule has 0 aliphatic rings. The molecule has 134 valence electrons. The van der Waals surface area contributed by atoms with Crippen LogP contribution < -0.4 is 11.1 Å². The molecule has 27 heavy (non-hydrogen) atoms. The number of ketones is 1. The summed E-state index contributed by atoms with van der Waals surface area (Å²) in [6.45, 7) is 0. The first-order valence-corrected chi connectivity index (χ1v) is 9.35. The highest BCUT2D eigenvalue weighted by Crippen LogP contribution is 2.30. The van der Waals surface area contributed by atoms with E-state index in [0.29, 0.717) is 21.1 Å². The van der Waals surface area contributed by atoms with Gasteiger partial charge in [-0.3, -0.25) is 9.59 Å². The van der Waals surface area contributed by atoms with E-state index in [1.807, 2.05) is 5.38 Å². The maximum Gasteiger partial charge on any atom is 0.259 e. The predicted octanol–water partition coefficient (Wildman–Crippen LogP) is 4.72. The number of nitrogens with zero attached hydrogens (tertiary/aromatic N) is 1. The number of nitrogens with one attached hydrogen (secondary N) is 1. The molecule has 3 N–H and O–H groups in total. The summed E-state index contributed by atoms with van der Waals surface area (Å²) in [5, 5.41) is 5.13. The number of carbonyl (C=O) groups excluding carboxylic acids is 2. The van der Waals surface area contributed by atoms with Crippen molar-refractivity contribution >= 4 is 51.5 Å². The van der Waals surface area contributed by atoms with Crippen LogP contribution in [0.5, 0.6) is 0 Å². The molecule has 4 rings (SSSR count). The molecule has 5 nitrogen and oxygen atoms in total. The van der Waals surface area contributed by atoms with Gasteiger partial charge in [0.1, 0.15) is 5.69 Å². The Labute approximate surface area is 164 Å². The molecule has 0 spiro atoms. The van der Waals surface area contributed by atoms with Crippen LogP contribution in [0.4, 0.5) is 11.4 Å². The Morgan fingerprint density at radius 1 is 1.07 bits per heavy atom. The van der Waals surface area contributed by atoms with E-state index in [1.54, 1.807) is 65.2 Å². The number of fused-ring (bicyclic) bond motifs is 1. The zero-order valence-corrected chi connectivity index (χ0v) is 15.6. The van der Waals surface area contributed by atoms with E-state index in [0.717, 1.165) is 0 Å². The topological polar surface area (TPSA) is 76.6 Å². The summed E-state index contributed by atoms with van der Waals surface area (Å²) >= 11 is 7.31. The van der Waals surface area contributed by atoms with Crippen molar-refractivity contribution < 1.29 is 9.59 Å². The lowest BCUT2D eigenvalue weighted by Gasteiger charge is -2.06. The summed E-state index contributed by atoms with van der Waals surface area (Å²) in [5.74, 6) is -0.616. The van der Waals surface area contributed by atoms with Crippen LogP contribution >= 0.6 is 22.9 Å². The summed E-state index contributed by atoms with van der Waals surface area (Å²) in [6, 6.07) is 15.7. The average Bonchev–Trinajstić information content (AvgIpc) is 3.27. The quantitative estimate of drug-likeness (QED) is 0.491. The maximum absolute atomic E-state index is 12.9. The van der Waals surface area contributed by atoms with E-state index in [2.05, 4.69) is 5.32 Å². The number of anilines is 2. The van der Waals surface area contributed by atoms with E-state index < -0.39 is 5.91 Å². The van der Waals surface area contributed by atoms with Crippen LogP contribution in [0.1, 0.15) is 25.7 Å². The van der Waals surface area contributed by atoms with Crippen molar-refractivity contribution in [1.29, 1.82) is 0 Å².